The highest BCUT2D eigenvalue weighted by Gasteiger charge is 2.27. The molecule has 1 aliphatic rings. The first-order valence-electron chi connectivity index (χ1n) is 8.41. The maximum Gasteiger partial charge on any atom is 0.225 e. The minimum atomic E-state index is -0.933. The van der Waals surface area contributed by atoms with Crippen molar-refractivity contribution in [3.05, 3.63) is 30.3 Å². The van der Waals surface area contributed by atoms with Gasteiger partial charge in [0.15, 0.2) is 0 Å². The first kappa shape index (κ1) is 18.1. The van der Waals surface area contributed by atoms with Gasteiger partial charge in [0.25, 0.3) is 0 Å². The number of benzene rings is 1. The second kappa shape index (κ2) is 8.60. The van der Waals surface area contributed by atoms with Crippen LogP contribution in [0.1, 0.15) is 26.7 Å². The molecule has 1 atom stereocenters. The van der Waals surface area contributed by atoms with Gasteiger partial charge in [0, 0.05) is 36.2 Å². The molecular formula is C18H28N2O2S. The van der Waals surface area contributed by atoms with E-state index in [9.17, 15) is 9.00 Å². The first-order chi connectivity index (χ1) is 11.0. The van der Waals surface area contributed by atoms with E-state index in [-0.39, 0.29) is 17.9 Å². The molecule has 4 nitrogen and oxygen atoms in total. The number of carbonyl (C=O) groups is 1. The number of rotatable bonds is 6. The van der Waals surface area contributed by atoms with Crippen molar-refractivity contribution in [1.29, 1.82) is 0 Å². The lowest BCUT2D eigenvalue weighted by atomic mass is 9.95. The predicted molar refractivity (Wildman–Crippen MR) is 94.8 cm³/mol. The number of piperidine rings is 1. The lowest BCUT2D eigenvalue weighted by molar-refractivity contribution is -0.137. The summed E-state index contributed by atoms with van der Waals surface area (Å²) in [5, 5.41) is 0. The zero-order valence-corrected chi connectivity index (χ0v) is 15.2. The Morgan fingerprint density at radius 1 is 1.26 bits per heavy atom. The van der Waals surface area contributed by atoms with E-state index in [1.54, 1.807) is 0 Å². The van der Waals surface area contributed by atoms with Crippen molar-refractivity contribution in [1.82, 2.24) is 9.80 Å². The van der Waals surface area contributed by atoms with Crippen LogP contribution < -0.4 is 0 Å². The van der Waals surface area contributed by atoms with E-state index in [0.717, 1.165) is 37.4 Å². The van der Waals surface area contributed by atoms with Crippen LogP contribution in [0.4, 0.5) is 0 Å². The van der Waals surface area contributed by atoms with E-state index >= 15 is 0 Å². The van der Waals surface area contributed by atoms with Crippen LogP contribution in [0.2, 0.25) is 0 Å². The average Bonchev–Trinajstić information content (AvgIpc) is 2.59. The number of hydrogen-bond acceptors (Lipinski definition) is 3. The van der Waals surface area contributed by atoms with Crippen LogP contribution in [0.15, 0.2) is 35.2 Å². The quantitative estimate of drug-likeness (QED) is 0.801. The lowest BCUT2D eigenvalue weighted by Gasteiger charge is -2.34. The van der Waals surface area contributed by atoms with E-state index in [0.29, 0.717) is 5.75 Å². The second-order valence-electron chi connectivity index (χ2n) is 6.52. The third kappa shape index (κ3) is 5.15. The largest absolute Gasteiger partial charge is 0.343 e. The first-order valence-corrected chi connectivity index (χ1v) is 9.73. The summed E-state index contributed by atoms with van der Waals surface area (Å²) in [6, 6.07) is 9.89. The highest BCUT2D eigenvalue weighted by Crippen LogP contribution is 2.20. The standard InChI is InChI=1S/C18H28N2O2S/c1-15(2)19(3)18(21)16-9-11-20(12-10-16)13-14-23(22)17-7-5-4-6-8-17/h4-8,15-16H,9-14H2,1-3H3/t23-/m0/s1. The summed E-state index contributed by atoms with van der Waals surface area (Å²) < 4.78 is 12.2. The molecule has 5 heteroatoms. The van der Waals surface area contributed by atoms with Crippen molar-refractivity contribution >= 4 is 16.7 Å². The van der Waals surface area contributed by atoms with Crippen LogP contribution in [0.3, 0.4) is 0 Å². The van der Waals surface area contributed by atoms with E-state index in [2.05, 4.69) is 4.90 Å². The summed E-state index contributed by atoms with van der Waals surface area (Å²) >= 11 is 0. The summed E-state index contributed by atoms with van der Waals surface area (Å²) in [7, 11) is 0.958. The van der Waals surface area contributed by atoms with Crippen LogP contribution in [-0.4, -0.2) is 58.4 Å². The van der Waals surface area contributed by atoms with Gasteiger partial charge < -0.3 is 9.80 Å². The van der Waals surface area contributed by atoms with Gasteiger partial charge in [-0.1, -0.05) is 18.2 Å². The Bertz CT molecular complexity index is 525. The third-order valence-electron chi connectivity index (χ3n) is 4.66. The lowest BCUT2D eigenvalue weighted by Crippen LogP contribution is -2.44. The Morgan fingerprint density at radius 3 is 2.43 bits per heavy atom. The molecule has 0 saturated carbocycles. The van der Waals surface area contributed by atoms with Crippen molar-refractivity contribution in [2.24, 2.45) is 5.92 Å². The molecule has 0 spiro atoms. The Labute approximate surface area is 142 Å². The fraction of sp³-hybridized carbons (Fsp3) is 0.611. The molecule has 1 saturated heterocycles. The summed E-state index contributed by atoms with van der Waals surface area (Å²) in [4.78, 5) is 17.4. The minimum absolute atomic E-state index is 0.151. The van der Waals surface area contributed by atoms with Crippen molar-refractivity contribution in [2.45, 2.75) is 37.6 Å². The molecule has 1 aromatic carbocycles. The van der Waals surface area contributed by atoms with Gasteiger partial charge in [0.1, 0.15) is 0 Å². The Hall–Kier alpha value is -1.20. The molecule has 1 amide bonds. The molecular weight excluding hydrogens is 308 g/mol. The fourth-order valence-corrected chi connectivity index (χ4v) is 3.97. The Kier molecular flexibility index (Phi) is 6.78. The molecule has 0 aliphatic carbocycles. The number of likely N-dealkylation sites (tertiary alicyclic amines) is 1. The van der Waals surface area contributed by atoms with E-state index in [1.165, 1.54) is 0 Å². The average molecular weight is 337 g/mol. The molecule has 0 unspecified atom stereocenters. The fourth-order valence-electron chi connectivity index (χ4n) is 2.85. The molecule has 128 valence electrons. The van der Waals surface area contributed by atoms with Gasteiger partial charge in [0.2, 0.25) is 5.91 Å². The van der Waals surface area contributed by atoms with Gasteiger partial charge >= 0.3 is 0 Å². The third-order valence-corrected chi connectivity index (χ3v) is 6.01. The predicted octanol–water partition coefficient (Wildman–Crippen LogP) is 2.37. The summed E-state index contributed by atoms with van der Waals surface area (Å²) in [5.74, 6) is 1.08. The number of nitrogens with zero attached hydrogens (tertiary/aromatic N) is 2. The summed E-state index contributed by atoms with van der Waals surface area (Å²) in [6.07, 6.45) is 1.82. The molecule has 1 fully saturated rings. The normalized spacial score (nSPS) is 18.1. The summed E-state index contributed by atoms with van der Waals surface area (Å²) in [6.45, 7) is 6.78. The number of carbonyl (C=O) groups excluding carboxylic acids is 1. The summed E-state index contributed by atoms with van der Waals surface area (Å²) in [5.41, 5.74) is 0. The van der Waals surface area contributed by atoms with Gasteiger partial charge in [0.05, 0.1) is 10.8 Å². The highest BCUT2D eigenvalue weighted by molar-refractivity contribution is 7.85. The highest BCUT2D eigenvalue weighted by atomic mass is 32.2. The molecule has 23 heavy (non-hydrogen) atoms. The van der Waals surface area contributed by atoms with Gasteiger partial charge in [-0.05, 0) is 51.9 Å². The van der Waals surface area contributed by atoms with Crippen molar-refractivity contribution in [2.75, 3.05) is 32.4 Å². The van der Waals surface area contributed by atoms with Crippen molar-refractivity contribution in [3.63, 3.8) is 0 Å². The van der Waals surface area contributed by atoms with E-state index in [4.69, 9.17) is 0 Å². The van der Waals surface area contributed by atoms with Gasteiger partial charge in [-0.25, -0.2) is 0 Å². The van der Waals surface area contributed by atoms with Crippen LogP contribution >= 0.6 is 0 Å². The van der Waals surface area contributed by atoms with Crippen LogP contribution in [-0.2, 0) is 15.6 Å². The van der Waals surface area contributed by atoms with Crippen LogP contribution in [0.5, 0.6) is 0 Å². The second-order valence-corrected chi connectivity index (χ2v) is 8.09. The topological polar surface area (TPSA) is 40.6 Å². The molecule has 1 aromatic rings. The Balaban J connectivity index is 1.75. The molecule has 0 aromatic heterocycles. The molecule has 0 radical (unpaired) electrons. The number of amides is 1. The van der Waals surface area contributed by atoms with Crippen molar-refractivity contribution < 1.29 is 9.00 Å². The SMILES string of the molecule is CC(C)N(C)C(=O)C1CCN(CC[S@](=O)c2ccccc2)CC1. The number of hydrogen-bond donors (Lipinski definition) is 0. The molecule has 0 N–H and O–H groups in total. The molecule has 1 aliphatic heterocycles. The molecule has 2 rings (SSSR count). The van der Waals surface area contributed by atoms with Crippen molar-refractivity contribution in [3.8, 4) is 0 Å². The van der Waals surface area contributed by atoms with Crippen LogP contribution in [0, 0.1) is 5.92 Å². The van der Waals surface area contributed by atoms with E-state index < -0.39 is 10.8 Å². The smallest absolute Gasteiger partial charge is 0.225 e. The monoisotopic (exact) mass is 336 g/mol. The van der Waals surface area contributed by atoms with Gasteiger partial charge in [-0.3, -0.25) is 9.00 Å². The van der Waals surface area contributed by atoms with Gasteiger partial charge in [-0.15, -0.1) is 0 Å². The zero-order valence-electron chi connectivity index (χ0n) is 14.4. The van der Waals surface area contributed by atoms with E-state index in [1.807, 2.05) is 56.1 Å². The van der Waals surface area contributed by atoms with Crippen LogP contribution in [0.25, 0.3) is 0 Å². The minimum Gasteiger partial charge on any atom is -0.343 e. The Morgan fingerprint density at radius 2 is 1.87 bits per heavy atom. The maximum absolute atomic E-state index is 12.4. The van der Waals surface area contributed by atoms with Gasteiger partial charge in [-0.2, -0.15) is 0 Å². The molecule has 1 heterocycles. The maximum atomic E-state index is 12.4. The molecule has 0 bridgehead atoms. The zero-order chi connectivity index (χ0) is 16.8.